The molecule has 6 nitrogen and oxygen atoms in total. The molecule has 1 aliphatic heterocycles. The molecule has 5 rings (SSSR count). The SMILES string of the molecule is C=C(c1c(C)nn(-c2ccccc2)c1C)C1N(CCCCC)c2nc3ccccc3nc2N1CCCCC. The highest BCUT2D eigenvalue weighted by atomic mass is 15.5. The first-order chi connectivity index (χ1) is 18.5. The van der Waals surface area contributed by atoms with Crippen LogP contribution < -0.4 is 9.80 Å². The molecule has 0 saturated carbocycles. The van der Waals surface area contributed by atoms with Gasteiger partial charge in [0.2, 0.25) is 0 Å². The number of aryl methyl sites for hydroxylation is 1. The van der Waals surface area contributed by atoms with Crippen LogP contribution in [0.25, 0.3) is 22.3 Å². The third-order valence-electron chi connectivity index (χ3n) is 7.60. The Kier molecular flexibility index (Phi) is 7.77. The van der Waals surface area contributed by atoms with Gasteiger partial charge in [-0.1, -0.05) is 76.4 Å². The van der Waals surface area contributed by atoms with E-state index in [1.54, 1.807) is 0 Å². The molecule has 4 aromatic rings. The first kappa shape index (κ1) is 26.0. The normalized spacial score (nSPS) is 13.5. The van der Waals surface area contributed by atoms with E-state index >= 15 is 0 Å². The van der Waals surface area contributed by atoms with Gasteiger partial charge < -0.3 is 9.80 Å². The average Bonchev–Trinajstić information content (AvgIpc) is 3.40. The number of anilines is 2. The fourth-order valence-electron chi connectivity index (χ4n) is 5.72. The molecule has 1 aliphatic rings. The quantitative estimate of drug-likeness (QED) is 0.197. The van der Waals surface area contributed by atoms with Crippen molar-refractivity contribution < 1.29 is 0 Å². The minimum atomic E-state index is -0.0404. The number of aromatic nitrogens is 4. The largest absolute Gasteiger partial charge is 0.329 e. The second kappa shape index (κ2) is 11.4. The highest BCUT2D eigenvalue weighted by Crippen LogP contribution is 2.43. The smallest absolute Gasteiger partial charge is 0.174 e. The summed E-state index contributed by atoms with van der Waals surface area (Å²) in [6.07, 6.45) is 6.91. The zero-order chi connectivity index (χ0) is 26.6. The van der Waals surface area contributed by atoms with Crippen molar-refractivity contribution in [1.82, 2.24) is 19.7 Å². The Morgan fingerprint density at radius 2 is 1.29 bits per heavy atom. The summed E-state index contributed by atoms with van der Waals surface area (Å²) in [4.78, 5) is 15.3. The van der Waals surface area contributed by atoms with Crippen molar-refractivity contribution in [2.45, 2.75) is 72.4 Å². The van der Waals surface area contributed by atoms with Gasteiger partial charge in [-0.2, -0.15) is 5.10 Å². The minimum Gasteiger partial charge on any atom is -0.329 e. The zero-order valence-electron chi connectivity index (χ0n) is 23.3. The lowest BCUT2D eigenvalue weighted by atomic mass is 10.0. The number of benzene rings is 2. The number of fused-ring (bicyclic) bond motifs is 2. The van der Waals surface area contributed by atoms with E-state index in [1.165, 1.54) is 25.7 Å². The molecular formula is C32H40N6. The van der Waals surface area contributed by atoms with Gasteiger partial charge in [-0.05, 0) is 56.5 Å². The number of hydrogen-bond acceptors (Lipinski definition) is 5. The molecule has 38 heavy (non-hydrogen) atoms. The Hall–Kier alpha value is -3.67. The summed E-state index contributed by atoms with van der Waals surface area (Å²) in [7, 11) is 0. The molecule has 198 valence electrons. The van der Waals surface area contributed by atoms with E-state index in [1.807, 2.05) is 22.9 Å². The van der Waals surface area contributed by atoms with Crippen LogP contribution in [-0.2, 0) is 0 Å². The van der Waals surface area contributed by atoms with Gasteiger partial charge in [-0.3, -0.25) is 0 Å². The van der Waals surface area contributed by atoms with Crippen LogP contribution in [0.2, 0.25) is 0 Å². The van der Waals surface area contributed by atoms with Crippen LogP contribution in [-0.4, -0.2) is 39.0 Å². The Labute approximate surface area is 227 Å². The van der Waals surface area contributed by atoms with Crippen LogP contribution in [0.4, 0.5) is 11.6 Å². The Morgan fingerprint density at radius 3 is 1.82 bits per heavy atom. The predicted octanol–water partition coefficient (Wildman–Crippen LogP) is 7.48. The van der Waals surface area contributed by atoms with E-state index in [2.05, 4.69) is 73.9 Å². The maximum absolute atomic E-state index is 5.18. The molecule has 2 aromatic carbocycles. The molecule has 0 unspecified atom stereocenters. The van der Waals surface area contributed by atoms with Gasteiger partial charge in [0.05, 0.1) is 22.4 Å². The van der Waals surface area contributed by atoms with Crippen molar-refractivity contribution in [2.75, 3.05) is 22.9 Å². The second-order valence-corrected chi connectivity index (χ2v) is 10.4. The molecule has 0 spiro atoms. The fraction of sp³-hybridized carbons (Fsp3) is 0.406. The molecule has 0 radical (unpaired) electrons. The first-order valence-corrected chi connectivity index (χ1v) is 14.2. The van der Waals surface area contributed by atoms with Crippen LogP contribution in [0.15, 0.2) is 61.2 Å². The van der Waals surface area contributed by atoms with Gasteiger partial charge in [0, 0.05) is 24.3 Å². The molecule has 0 bridgehead atoms. The molecular weight excluding hydrogens is 468 g/mol. The molecule has 0 aliphatic carbocycles. The van der Waals surface area contributed by atoms with Crippen molar-refractivity contribution in [1.29, 1.82) is 0 Å². The van der Waals surface area contributed by atoms with E-state index in [0.717, 1.165) is 76.8 Å². The predicted molar refractivity (Wildman–Crippen MR) is 159 cm³/mol. The van der Waals surface area contributed by atoms with Gasteiger partial charge in [0.1, 0.15) is 6.17 Å². The van der Waals surface area contributed by atoms with Crippen LogP contribution in [0.1, 0.15) is 69.3 Å². The molecule has 2 aromatic heterocycles. The Bertz CT molecular complexity index is 1350. The minimum absolute atomic E-state index is 0.0404. The Morgan fingerprint density at radius 1 is 0.763 bits per heavy atom. The van der Waals surface area contributed by atoms with Gasteiger partial charge in [0.25, 0.3) is 0 Å². The van der Waals surface area contributed by atoms with Gasteiger partial charge in [0.15, 0.2) is 11.6 Å². The summed E-state index contributed by atoms with van der Waals surface area (Å²) in [5.74, 6) is 1.96. The van der Waals surface area contributed by atoms with Crippen LogP contribution in [0.5, 0.6) is 0 Å². The van der Waals surface area contributed by atoms with E-state index in [4.69, 9.17) is 21.6 Å². The van der Waals surface area contributed by atoms with Crippen LogP contribution in [0, 0.1) is 13.8 Å². The number of para-hydroxylation sites is 3. The molecule has 0 amide bonds. The van der Waals surface area contributed by atoms with E-state index in [9.17, 15) is 0 Å². The number of hydrogen-bond donors (Lipinski definition) is 0. The first-order valence-electron chi connectivity index (χ1n) is 14.2. The van der Waals surface area contributed by atoms with Crippen molar-refractivity contribution in [3.63, 3.8) is 0 Å². The van der Waals surface area contributed by atoms with Gasteiger partial charge in [-0.25, -0.2) is 14.6 Å². The summed E-state index contributed by atoms with van der Waals surface area (Å²) >= 11 is 0. The third kappa shape index (κ3) is 4.80. The van der Waals surface area contributed by atoms with Crippen molar-refractivity contribution in [2.24, 2.45) is 0 Å². The molecule has 3 heterocycles. The molecule has 6 heteroatoms. The average molecular weight is 509 g/mol. The van der Waals surface area contributed by atoms with Crippen molar-refractivity contribution >= 4 is 28.2 Å². The zero-order valence-corrected chi connectivity index (χ0v) is 23.3. The van der Waals surface area contributed by atoms with Crippen molar-refractivity contribution in [3.8, 4) is 5.69 Å². The van der Waals surface area contributed by atoms with E-state index < -0.39 is 0 Å². The molecule has 0 saturated heterocycles. The topological polar surface area (TPSA) is 50.1 Å². The fourth-order valence-corrected chi connectivity index (χ4v) is 5.72. The third-order valence-corrected chi connectivity index (χ3v) is 7.60. The van der Waals surface area contributed by atoms with Crippen molar-refractivity contribution in [3.05, 3.63) is 78.1 Å². The lowest BCUT2D eigenvalue weighted by Crippen LogP contribution is -2.45. The lowest BCUT2D eigenvalue weighted by molar-refractivity contribution is 0.606. The lowest BCUT2D eigenvalue weighted by Gasteiger charge is -2.34. The summed E-state index contributed by atoms with van der Waals surface area (Å²) in [6.45, 7) is 15.4. The monoisotopic (exact) mass is 508 g/mol. The van der Waals surface area contributed by atoms with Crippen LogP contribution in [0.3, 0.4) is 0 Å². The summed E-state index contributed by atoms with van der Waals surface area (Å²) < 4.78 is 2.05. The molecule has 0 atom stereocenters. The molecule has 0 fully saturated rings. The second-order valence-electron chi connectivity index (χ2n) is 10.4. The van der Waals surface area contributed by atoms with E-state index in [-0.39, 0.29) is 6.17 Å². The van der Waals surface area contributed by atoms with Gasteiger partial charge in [-0.15, -0.1) is 0 Å². The molecule has 0 N–H and O–H groups in total. The highest BCUT2D eigenvalue weighted by Gasteiger charge is 2.41. The summed E-state index contributed by atoms with van der Waals surface area (Å²) in [6, 6.07) is 18.6. The van der Waals surface area contributed by atoms with Crippen LogP contribution >= 0.6 is 0 Å². The maximum Gasteiger partial charge on any atom is 0.174 e. The highest BCUT2D eigenvalue weighted by molar-refractivity contribution is 5.88. The number of unbranched alkanes of at least 4 members (excludes halogenated alkanes) is 4. The maximum atomic E-state index is 5.18. The number of nitrogens with zero attached hydrogens (tertiary/aromatic N) is 6. The standard InChI is InChI=1S/C32H40N6/c1-6-8-15-21-36-30-31(34-28-20-14-13-19-27(28)33-30)37(22-16-9-7-2)32(36)23(3)29-24(4)35-38(25(29)5)26-17-11-10-12-18-26/h10-14,17-20,32H,3,6-9,15-16,21-22H2,1-2,4-5H3. The van der Waals surface area contributed by atoms with Gasteiger partial charge >= 0.3 is 0 Å². The van der Waals surface area contributed by atoms with E-state index in [0.29, 0.717) is 0 Å². The summed E-state index contributed by atoms with van der Waals surface area (Å²) in [5, 5.41) is 4.96. The Balaban J connectivity index is 1.61. The summed E-state index contributed by atoms with van der Waals surface area (Å²) in [5.41, 5.74) is 7.27. The number of rotatable bonds is 11.